The number of para-hydroxylation sites is 2. The van der Waals surface area contributed by atoms with Gasteiger partial charge in [-0.15, -0.1) is 0 Å². The highest BCUT2D eigenvalue weighted by atomic mass is 16.7. The maximum absolute atomic E-state index is 10.8. The highest BCUT2D eigenvalue weighted by Crippen LogP contribution is 2.34. The van der Waals surface area contributed by atoms with Crippen molar-refractivity contribution in [2.45, 2.75) is 19.2 Å². The van der Waals surface area contributed by atoms with Crippen LogP contribution >= 0.6 is 0 Å². The number of ether oxygens (including phenoxy) is 5. The van der Waals surface area contributed by atoms with E-state index in [2.05, 4.69) is 4.90 Å². The molecule has 0 aliphatic carbocycles. The maximum atomic E-state index is 10.8. The van der Waals surface area contributed by atoms with Gasteiger partial charge in [-0.3, -0.25) is 4.90 Å². The zero-order valence-corrected chi connectivity index (χ0v) is 18.9. The zero-order chi connectivity index (χ0) is 23.0. The van der Waals surface area contributed by atoms with E-state index >= 15 is 0 Å². The van der Waals surface area contributed by atoms with Crippen molar-refractivity contribution in [2.24, 2.45) is 0 Å². The molecule has 4 rings (SSSR count). The summed E-state index contributed by atoms with van der Waals surface area (Å²) in [7, 11) is 3.25. The zero-order valence-electron chi connectivity index (χ0n) is 18.9. The van der Waals surface area contributed by atoms with Crippen LogP contribution in [0.2, 0.25) is 0 Å². The lowest BCUT2D eigenvalue weighted by atomic mass is 10.1. The summed E-state index contributed by atoms with van der Waals surface area (Å²) >= 11 is 0. The second kappa shape index (κ2) is 10.9. The molecule has 7 heteroatoms. The third kappa shape index (κ3) is 5.88. The van der Waals surface area contributed by atoms with Crippen molar-refractivity contribution >= 4 is 0 Å². The van der Waals surface area contributed by atoms with Gasteiger partial charge in [0.25, 0.3) is 0 Å². The van der Waals surface area contributed by atoms with Gasteiger partial charge in [0, 0.05) is 25.2 Å². The van der Waals surface area contributed by atoms with Gasteiger partial charge >= 0.3 is 0 Å². The Bertz CT molecular complexity index is 1040. The van der Waals surface area contributed by atoms with E-state index in [4.69, 9.17) is 23.7 Å². The molecule has 1 N–H and O–H groups in total. The number of methoxy groups -OCH3 is 2. The topological polar surface area (TPSA) is 69.6 Å². The summed E-state index contributed by atoms with van der Waals surface area (Å²) < 4.78 is 27.8. The molecule has 33 heavy (non-hydrogen) atoms. The van der Waals surface area contributed by atoms with E-state index in [1.54, 1.807) is 14.2 Å². The Morgan fingerprint density at radius 2 is 1.73 bits per heavy atom. The summed E-state index contributed by atoms with van der Waals surface area (Å²) in [6.45, 7) is 1.98. The average molecular weight is 452 g/mol. The molecule has 0 unspecified atom stereocenters. The van der Waals surface area contributed by atoms with Crippen LogP contribution in [0.3, 0.4) is 0 Å². The first-order chi connectivity index (χ1) is 16.2. The summed E-state index contributed by atoms with van der Waals surface area (Å²) in [4.78, 5) is 2.15. The molecule has 7 nitrogen and oxygen atoms in total. The molecule has 174 valence electrons. The Balaban J connectivity index is 1.50. The molecule has 3 aromatic rings. The van der Waals surface area contributed by atoms with Crippen molar-refractivity contribution in [3.05, 3.63) is 77.9 Å². The molecule has 0 radical (unpaired) electrons. The Morgan fingerprint density at radius 1 is 0.909 bits per heavy atom. The van der Waals surface area contributed by atoms with Gasteiger partial charge in [0.05, 0.1) is 14.2 Å². The van der Waals surface area contributed by atoms with E-state index in [-0.39, 0.29) is 13.4 Å². The van der Waals surface area contributed by atoms with Crippen LogP contribution < -0.4 is 23.7 Å². The lowest BCUT2D eigenvalue weighted by Crippen LogP contribution is -2.35. The van der Waals surface area contributed by atoms with E-state index in [0.29, 0.717) is 31.1 Å². The van der Waals surface area contributed by atoms with Gasteiger partial charge in [-0.2, -0.15) is 0 Å². The van der Waals surface area contributed by atoms with Crippen LogP contribution in [0.5, 0.6) is 28.7 Å². The fourth-order valence-corrected chi connectivity index (χ4v) is 3.86. The van der Waals surface area contributed by atoms with Gasteiger partial charge in [-0.25, -0.2) is 0 Å². The molecule has 3 aromatic carbocycles. The summed E-state index contributed by atoms with van der Waals surface area (Å²) in [5.74, 6) is 3.57. The fraction of sp³-hybridized carbons (Fsp3) is 0.308. The quantitative estimate of drug-likeness (QED) is 0.475. The Labute approximate surface area is 194 Å². The van der Waals surface area contributed by atoms with E-state index < -0.39 is 6.10 Å². The molecule has 1 atom stereocenters. The first kappa shape index (κ1) is 22.8. The third-order valence-corrected chi connectivity index (χ3v) is 5.38. The van der Waals surface area contributed by atoms with Gasteiger partial charge in [-0.1, -0.05) is 36.4 Å². The first-order valence-electron chi connectivity index (χ1n) is 10.8. The number of fused-ring (bicyclic) bond motifs is 1. The molecule has 0 saturated heterocycles. The molecule has 1 heterocycles. The third-order valence-electron chi connectivity index (χ3n) is 5.38. The lowest BCUT2D eigenvalue weighted by Gasteiger charge is -2.26. The van der Waals surface area contributed by atoms with Crippen LogP contribution in [0.25, 0.3) is 0 Å². The Morgan fingerprint density at radius 3 is 2.52 bits per heavy atom. The maximum Gasteiger partial charge on any atom is 0.231 e. The van der Waals surface area contributed by atoms with Gasteiger partial charge in [0.1, 0.15) is 18.5 Å². The van der Waals surface area contributed by atoms with E-state index in [1.807, 2.05) is 66.7 Å². The molecule has 0 aromatic heterocycles. The number of hydrogen-bond donors (Lipinski definition) is 1. The van der Waals surface area contributed by atoms with Crippen LogP contribution in [0, 0.1) is 0 Å². The normalized spacial score (nSPS) is 13.1. The van der Waals surface area contributed by atoms with Crippen LogP contribution in [0.15, 0.2) is 66.7 Å². The SMILES string of the molecule is COc1cccc(CN(Cc2ccc3c(c2)OCO3)C[C@@H](O)COc2ccccc2)c1OC. The van der Waals surface area contributed by atoms with Gasteiger partial charge in [0.15, 0.2) is 23.0 Å². The monoisotopic (exact) mass is 451 g/mol. The summed E-state index contributed by atoms with van der Waals surface area (Å²) in [5, 5.41) is 10.8. The van der Waals surface area contributed by atoms with Crippen molar-refractivity contribution < 1.29 is 28.8 Å². The van der Waals surface area contributed by atoms with Crippen molar-refractivity contribution in [3.63, 3.8) is 0 Å². The van der Waals surface area contributed by atoms with E-state index in [1.165, 1.54) is 0 Å². The molecule has 0 fully saturated rings. The minimum Gasteiger partial charge on any atom is -0.493 e. The second-order valence-corrected chi connectivity index (χ2v) is 7.79. The average Bonchev–Trinajstić information content (AvgIpc) is 3.31. The number of aliphatic hydroxyl groups excluding tert-OH is 1. The molecule has 0 bridgehead atoms. The number of rotatable bonds is 11. The molecule has 1 aliphatic rings. The number of benzene rings is 3. The number of hydrogen-bond acceptors (Lipinski definition) is 7. The second-order valence-electron chi connectivity index (χ2n) is 7.79. The predicted octanol–water partition coefficient (Wildman–Crippen LogP) is 3.87. The smallest absolute Gasteiger partial charge is 0.231 e. The van der Waals surface area contributed by atoms with Crippen molar-refractivity contribution in [1.29, 1.82) is 0 Å². The minimum atomic E-state index is -0.684. The van der Waals surface area contributed by atoms with Gasteiger partial charge in [-0.05, 0) is 35.9 Å². The van der Waals surface area contributed by atoms with Gasteiger partial charge < -0.3 is 28.8 Å². The predicted molar refractivity (Wildman–Crippen MR) is 124 cm³/mol. The summed E-state index contributed by atoms with van der Waals surface area (Å²) in [6.07, 6.45) is -0.684. The van der Waals surface area contributed by atoms with Crippen LogP contribution in [0.1, 0.15) is 11.1 Å². The van der Waals surface area contributed by atoms with E-state index in [9.17, 15) is 5.11 Å². The van der Waals surface area contributed by atoms with Crippen molar-refractivity contribution in [2.75, 3.05) is 34.2 Å². The first-order valence-corrected chi connectivity index (χ1v) is 10.8. The largest absolute Gasteiger partial charge is 0.493 e. The Hall–Kier alpha value is -3.42. The van der Waals surface area contributed by atoms with Crippen molar-refractivity contribution in [1.82, 2.24) is 4.90 Å². The van der Waals surface area contributed by atoms with Crippen molar-refractivity contribution in [3.8, 4) is 28.7 Å². The molecule has 0 saturated carbocycles. The number of aliphatic hydroxyl groups is 1. The summed E-state index contributed by atoms with van der Waals surface area (Å²) in [5.41, 5.74) is 2.02. The standard InChI is InChI=1S/C26H29NO6/c1-29-24-10-6-7-20(26(24)30-2)15-27(14-19-11-12-23-25(13-19)33-18-32-23)16-21(28)17-31-22-8-4-3-5-9-22/h3-13,21,28H,14-18H2,1-2H3/t21-/m1/s1. The molecular formula is C26H29NO6. The number of nitrogens with zero attached hydrogens (tertiary/aromatic N) is 1. The van der Waals surface area contributed by atoms with Crippen LogP contribution in [0.4, 0.5) is 0 Å². The fourth-order valence-electron chi connectivity index (χ4n) is 3.86. The molecule has 1 aliphatic heterocycles. The highest BCUT2D eigenvalue weighted by Gasteiger charge is 2.19. The molecule has 0 spiro atoms. The highest BCUT2D eigenvalue weighted by molar-refractivity contribution is 5.47. The molecule has 0 amide bonds. The van der Waals surface area contributed by atoms with E-state index in [0.717, 1.165) is 28.4 Å². The lowest BCUT2D eigenvalue weighted by molar-refractivity contribution is 0.0625. The summed E-state index contributed by atoms with van der Waals surface area (Å²) in [6, 6.07) is 21.2. The van der Waals surface area contributed by atoms with Crippen LogP contribution in [-0.2, 0) is 13.1 Å². The minimum absolute atomic E-state index is 0.191. The van der Waals surface area contributed by atoms with Gasteiger partial charge in [0.2, 0.25) is 6.79 Å². The van der Waals surface area contributed by atoms with Crippen LogP contribution in [-0.4, -0.2) is 50.3 Å². The molecular weight excluding hydrogens is 422 g/mol. The Kier molecular flexibility index (Phi) is 7.55.